The van der Waals surface area contributed by atoms with Gasteiger partial charge in [0.1, 0.15) is 0 Å². The van der Waals surface area contributed by atoms with Crippen molar-refractivity contribution in [3.8, 4) is 34.8 Å². The lowest BCUT2D eigenvalue weighted by molar-refractivity contribution is 0.168. The molecular weight excluding hydrogens is 244 g/mol. The van der Waals surface area contributed by atoms with Gasteiger partial charge in [-0.25, -0.2) is 0 Å². The minimum Gasteiger partial charge on any atom is -0.492 e. The Morgan fingerprint density at radius 3 is 2.26 bits per heavy atom. The van der Waals surface area contributed by atoms with Crippen molar-refractivity contribution in [3.05, 3.63) is 23.3 Å². The number of hydrogen-bond donors (Lipinski definition) is 0. The fourth-order valence-corrected chi connectivity index (χ4v) is 1.94. The molecule has 1 aromatic carbocycles. The third-order valence-electron chi connectivity index (χ3n) is 2.78. The van der Waals surface area contributed by atoms with Crippen LogP contribution < -0.4 is 18.9 Å². The zero-order valence-corrected chi connectivity index (χ0v) is 11.5. The fraction of sp³-hybridized carbons (Fsp3) is 0.333. The highest BCUT2D eigenvalue weighted by Crippen LogP contribution is 2.51. The molecular formula is C15H16O4. The molecule has 0 aliphatic carbocycles. The van der Waals surface area contributed by atoms with E-state index in [0.29, 0.717) is 23.0 Å². The highest BCUT2D eigenvalue weighted by molar-refractivity contribution is 5.71. The summed E-state index contributed by atoms with van der Waals surface area (Å²) in [5.74, 6) is 8.29. The zero-order chi connectivity index (χ0) is 14.0. The molecule has 4 heteroatoms. The first-order valence-electron chi connectivity index (χ1n) is 5.81. The molecule has 0 spiro atoms. The molecule has 4 nitrogen and oxygen atoms in total. The molecule has 0 aromatic heterocycles. The Labute approximate surface area is 112 Å². The summed E-state index contributed by atoms with van der Waals surface area (Å²) in [5.41, 5.74) is 2.36. The number of benzene rings is 1. The average molecular weight is 260 g/mol. The van der Waals surface area contributed by atoms with E-state index in [4.69, 9.17) is 18.9 Å². The lowest BCUT2D eigenvalue weighted by Gasteiger charge is -2.14. The molecule has 0 saturated carbocycles. The first-order chi connectivity index (χ1) is 9.10. The average Bonchev–Trinajstić information content (AvgIpc) is 2.84. The quantitative estimate of drug-likeness (QED) is 0.766. The second-order valence-corrected chi connectivity index (χ2v) is 4.16. The lowest BCUT2D eigenvalue weighted by Crippen LogP contribution is -1.97. The summed E-state index contributed by atoms with van der Waals surface area (Å²) in [6.45, 7) is 7.68. The predicted octanol–water partition coefficient (Wildman–Crippen LogP) is 2.67. The molecule has 1 aliphatic heterocycles. The van der Waals surface area contributed by atoms with E-state index < -0.39 is 0 Å². The molecule has 0 fully saturated rings. The van der Waals surface area contributed by atoms with Crippen LogP contribution in [-0.4, -0.2) is 21.0 Å². The van der Waals surface area contributed by atoms with Crippen molar-refractivity contribution < 1.29 is 18.9 Å². The number of rotatable bonds is 2. The molecule has 1 aromatic rings. The summed E-state index contributed by atoms with van der Waals surface area (Å²) >= 11 is 0. The topological polar surface area (TPSA) is 36.9 Å². The van der Waals surface area contributed by atoms with Gasteiger partial charge >= 0.3 is 0 Å². The van der Waals surface area contributed by atoms with Crippen molar-refractivity contribution in [2.45, 2.75) is 13.8 Å². The molecule has 0 radical (unpaired) electrons. The lowest BCUT2D eigenvalue weighted by atomic mass is 10.0. The molecule has 19 heavy (non-hydrogen) atoms. The van der Waals surface area contributed by atoms with E-state index in [1.807, 2.05) is 13.8 Å². The maximum atomic E-state index is 5.45. The summed E-state index contributed by atoms with van der Waals surface area (Å²) in [6, 6.07) is 0. The van der Waals surface area contributed by atoms with Gasteiger partial charge in [0, 0.05) is 5.56 Å². The van der Waals surface area contributed by atoms with Gasteiger partial charge in [-0.15, -0.1) is 0 Å². The van der Waals surface area contributed by atoms with Crippen molar-refractivity contribution >= 4 is 0 Å². The first-order valence-corrected chi connectivity index (χ1v) is 5.81. The minimum absolute atomic E-state index is 0.152. The van der Waals surface area contributed by atoms with E-state index in [-0.39, 0.29) is 6.79 Å². The number of allylic oxidation sites excluding steroid dienone is 1. The number of hydrogen-bond acceptors (Lipinski definition) is 4. The number of ether oxygens (including phenoxy) is 4. The van der Waals surface area contributed by atoms with Crippen molar-refractivity contribution in [3.63, 3.8) is 0 Å². The fourth-order valence-electron chi connectivity index (χ4n) is 1.94. The van der Waals surface area contributed by atoms with Gasteiger partial charge in [-0.05, 0) is 19.4 Å². The Bertz CT molecular complexity index is 591. The van der Waals surface area contributed by atoms with Crippen LogP contribution in [0, 0.1) is 18.8 Å². The second kappa shape index (κ2) is 5.15. The van der Waals surface area contributed by atoms with Crippen LogP contribution in [0.15, 0.2) is 12.2 Å². The van der Waals surface area contributed by atoms with E-state index in [9.17, 15) is 0 Å². The smallest absolute Gasteiger partial charge is 0.231 e. The molecule has 0 bridgehead atoms. The van der Waals surface area contributed by atoms with Crippen LogP contribution in [0.5, 0.6) is 23.0 Å². The predicted molar refractivity (Wildman–Crippen MR) is 72.1 cm³/mol. The van der Waals surface area contributed by atoms with Crippen LogP contribution >= 0.6 is 0 Å². The summed E-state index contributed by atoms with van der Waals surface area (Å²) in [6.07, 6.45) is 0. The molecule has 0 amide bonds. The monoisotopic (exact) mass is 260 g/mol. The highest BCUT2D eigenvalue weighted by Gasteiger charge is 2.29. The maximum Gasteiger partial charge on any atom is 0.231 e. The third-order valence-corrected chi connectivity index (χ3v) is 2.78. The molecule has 0 saturated heterocycles. The molecule has 2 rings (SSSR count). The molecule has 100 valence electrons. The summed E-state index contributed by atoms with van der Waals surface area (Å²) in [4.78, 5) is 0. The van der Waals surface area contributed by atoms with E-state index in [2.05, 4.69) is 18.4 Å². The van der Waals surface area contributed by atoms with Gasteiger partial charge in [-0.1, -0.05) is 18.4 Å². The molecule has 0 N–H and O–H groups in total. The van der Waals surface area contributed by atoms with Crippen LogP contribution in [0.1, 0.15) is 18.1 Å². The van der Waals surface area contributed by atoms with E-state index in [1.165, 1.54) is 0 Å². The van der Waals surface area contributed by atoms with Gasteiger partial charge in [0.05, 0.1) is 19.8 Å². The minimum atomic E-state index is 0.152. The second-order valence-electron chi connectivity index (χ2n) is 4.16. The van der Waals surface area contributed by atoms with Gasteiger partial charge in [-0.2, -0.15) is 0 Å². The van der Waals surface area contributed by atoms with E-state index in [0.717, 1.165) is 16.7 Å². The SMILES string of the molecule is C=C(C)C#Cc1c(C)c(OC)c2c(c1OC)OCO2. The van der Waals surface area contributed by atoms with E-state index >= 15 is 0 Å². The Morgan fingerprint density at radius 2 is 1.74 bits per heavy atom. The van der Waals surface area contributed by atoms with Crippen LogP contribution in [0.4, 0.5) is 0 Å². The standard InChI is InChI=1S/C15H16O4/c1-9(2)6-7-11-10(3)12(16-4)14-15(13(11)17-5)19-8-18-14/h1,8H2,2-5H3. The van der Waals surface area contributed by atoms with Gasteiger partial charge in [0.25, 0.3) is 0 Å². The van der Waals surface area contributed by atoms with Gasteiger partial charge in [0.15, 0.2) is 11.5 Å². The molecule has 0 unspecified atom stereocenters. The molecule has 1 heterocycles. The van der Waals surface area contributed by atoms with E-state index in [1.54, 1.807) is 14.2 Å². The summed E-state index contributed by atoms with van der Waals surface area (Å²) in [5, 5.41) is 0. The summed E-state index contributed by atoms with van der Waals surface area (Å²) < 4.78 is 21.7. The first kappa shape index (κ1) is 13.2. The molecule has 0 atom stereocenters. The zero-order valence-electron chi connectivity index (χ0n) is 11.5. The largest absolute Gasteiger partial charge is 0.492 e. The van der Waals surface area contributed by atoms with Crippen LogP contribution in [0.2, 0.25) is 0 Å². The van der Waals surface area contributed by atoms with Crippen LogP contribution in [0.25, 0.3) is 0 Å². The van der Waals surface area contributed by atoms with Gasteiger partial charge in [-0.3, -0.25) is 0 Å². The Kier molecular flexibility index (Phi) is 3.57. The highest BCUT2D eigenvalue weighted by atomic mass is 16.7. The van der Waals surface area contributed by atoms with Crippen molar-refractivity contribution in [2.75, 3.05) is 21.0 Å². The van der Waals surface area contributed by atoms with Crippen molar-refractivity contribution in [2.24, 2.45) is 0 Å². The molecule has 1 aliphatic rings. The van der Waals surface area contributed by atoms with Crippen molar-refractivity contribution in [1.29, 1.82) is 0 Å². The van der Waals surface area contributed by atoms with Gasteiger partial charge < -0.3 is 18.9 Å². The van der Waals surface area contributed by atoms with Crippen LogP contribution in [-0.2, 0) is 0 Å². The Hall–Kier alpha value is -2.28. The number of methoxy groups -OCH3 is 2. The normalized spacial score (nSPS) is 11.6. The third kappa shape index (κ3) is 2.19. The summed E-state index contributed by atoms with van der Waals surface area (Å²) in [7, 11) is 3.17. The number of fused-ring (bicyclic) bond motifs is 1. The van der Waals surface area contributed by atoms with Crippen LogP contribution in [0.3, 0.4) is 0 Å². The Morgan fingerprint density at radius 1 is 1.16 bits per heavy atom. The maximum absolute atomic E-state index is 5.45. The Balaban J connectivity index is 2.72. The van der Waals surface area contributed by atoms with Gasteiger partial charge in [0.2, 0.25) is 18.3 Å². The van der Waals surface area contributed by atoms with Crippen molar-refractivity contribution in [1.82, 2.24) is 0 Å².